The first-order chi connectivity index (χ1) is 19.0. The molecule has 39 heavy (non-hydrogen) atoms. The predicted molar refractivity (Wildman–Crippen MR) is 150 cm³/mol. The Morgan fingerprint density at radius 1 is 0.718 bits per heavy atom. The van der Waals surface area contributed by atoms with Crippen molar-refractivity contribution >= 4 is 22.6 Å². The smallest absolute Gasteiger partial charge is 0.180 e. The van der Waals surface area contributed by atoms with Gasteiger partial charge in [0.15, 0.2) is 11.6 Å². The van der Waals surface area contributed by atoms with Crippen molar-refractivity contribution in [3.05, 3.63) is 131 Å². The molecule has 1 aromatic heterocycles. The summed E-state index contributed by atoms with van der Waals surface area (Å²) < 4.78 is 0. The Morgan fingerprint density at radius 3 is 1.95 bits per heavy atom. The van der Waals surface area contributed by atoms with E-state index in [0.717, 1.165) is 39.0 Å². The second kappa shape index (κ2) is 7.55. The van der Waals surface area contributed by atoms with Crippen LogP contribution in [-0.2, 0) is 5.54 Å². The molecule has 0 bridgehead atoms. The molecule has 2 heterocycles. The van der Waals surface area contributed by atoms with Crippen molar-refractivity contribution in [1.29, 1.82) is 0 Å². The molecule has 188 valence electrons. The third-order valence-corrected chi connectivity index (χ3v) is 9.22. The molecular formula is C34H25N3O2. The Labute approximate surface area is 226 Å². The topological polar surface area (TPSA) is 63.2 Å². The summed E-state index contributed by atoms with van der Waals surface area (Å²) in [6.07, 6.45) is 0. The van der Waals surface area contributed by atoms with Crippen LogP contribution in [0.25, 0.3) is 22.3 Å². The molecule has 0 radical (unpaired) electrons. The van der Waals surface area contributed by atoms with Gasteiger partial charge in [0.25, 0.3) is 0 Å². The maximum atomic E-state index is 15.0. The number of hydrogen-bond donors (Lipinski definition) is 0. The first kappa shape index (κ1) is 22.5. The van der Waals surface area contributed by atoms with Crippen LogP contribution >= 0.6 is 0 Å². The fraction of sp³-hybridized carbons (Fsp3) is 0.176. The number of aromatic nitrogens is 2. The van der Waals surface area contributed by atoms with Gasteiger partial charge in [-0.2, -0.15) is 0 Å². The zero-order chi connectivity index (χ0) is 26.5. The number of carbonyl (C=O) groups is 2. The van der Waals surface area contributed by atoms with Crippen LogP contribution in [0.1, 0.15) is 49.0 Å². The summed E-state index contributed by atoms with van der Waals surface area (Å²) in [5, 5.41) is 0. The Balaban J connectivity index is 1.54. The summed E-state index contributed by atoms with van der Waals surface area (Å²) in [7, 11) is 2.03. The van der Waals surface area contributed by atoms with Gasteiger partial charge in [-0.25, -0.2) is 9.97 Å². The maximum absolute atomic E-state index is 15.0. The molecule has 0 unspecified atom stereocenters. The number of hydrogen-bond acceptors (Lipinski definition) is 5. The second-order valence-corrected chi connectivity index (χ2v) is 11.0. The highest BCUT2D eigenvalue weighted by Gasteiger charge is 2.77. The predicted octanol–water partition coefficient (Wildman–Crippen LogP) is 5.96. The van der Waals surface area contributed by atoms with Crippen LogP contribution in [0, 0.1) is 12.3 Å². The van der Waals surface area contributed by atoms with Gasteiger partial charge >= 0.3 is 0 Å². The van der Waals surface area contributed by atoms with Crippen molar-refractivity contribution in [2.45, 2.75) is 18.4 Å². The fourth-order valence-corrected chi connectivity index (χ4v) is 7.67. The van der Waals surface area contributed by atoms with Gasteiger partial charge in [-0.15, -0.1) is 0 Å². The maximum Gasteiger partial charge on any atom is 0.180 e. The molecular weight excluding hydrogens is 482 g/mol. The van der Waals surface area contributed by atoms with E-state index in [1.54, 1.807) is 12.1 Å². The molecule has 0 saturated carbocycles. The molecule has 2 atom stereocenters. The number of para-hydroxylation sites is 2. The monoisotopic (exact) mass is 507 g/mol. The van der Waals surface area contributed by atoms with Crippen molar-refractivity contribution in [1.82, 2.24) is 14.9 Å². The van der Waals surface area contributed by atoms with Gasteiger partial charge in [0.2, 0.25) is 0 Å². The van der Waals surface area contributed by atoms with Crippen molar-refractivity contribution in [2.24, 2.45) is 5.41 Å². The number of ketones is 2. The van der Waals surface area contributed by atoms with Crippen molar-refractivity contribution < 1.29 is 9.59 Å². The molecule has 0 N–H and O–H groups in total. The molecule has 3 aliphatic rings. The van der Waals surface area contributed by atoms with Crippen LogP contribution in [0.3, 0.4) is 0 Å². The quantitative estimate of drug-likeness (QED) is 0.262. The van der Waals surface area contributed by atoms with Gasteiger partial charge in [-0.1, -0.05) is 90.5 Å². The number of aryl methyl sites for hydroxylation is 1. The molecule has 1 aliphatic heterocycles. The summed E-state index contributed by atoms with van der Waals surface area (Å²) >= 11 is 0. The molecule has 5 heteroatoms. The van der Waals surface area contributed by atoms with E-state index < -0.39 is 11.0 Å². The van der Waals surface area contributed by atoms with E-state index in [4.69, 9.17) is 9.97 Å². The highest BCUT2D eigenvalue weighted by molar-refractivity contribution is 6.32. The molecule has 4 aromatic carbocycles. The molecule has 8 rings (SSSR count). The highest BCUT2D eigenvalue weighted by atomic mass is 16.2. The lowest BCUT2D eigenvalue weighted by Gasteiger charge is -2.44. The molecule has 1 fully saturated rings. The lowest BCUT2D eigenvalue weighted by Crippen LogP contribution is -2.56. The number of benzene rings is 4. The average molecular weight is 508 g/mol. The van der Waals surface area contributed by atoms with Gasteiger partial charge in [0, 0.05) is 29.2 Å². The number of likely N-dealkylation sites (N-methyl/N-ethyl adjacent to an activating group) is 1. The third-order valence-electron chi connectivity index (χ3n) is 9.22. The van der Waals surface area contributed by atoms with E-state index in [0.29, 0.717) is 23.4 Å². The fourth-order valence-electron chi connectivity index (χ4n) is 7.67. The SMILES string of the molecule is Cc1ccc([C@H]2CN(C)[C@]3(c4ccccc4-c4nc5ccccc5nc43)C23C(=O)c2ccccc2C3=O)cc1. The molecule has 2 aliphatic carbocycles. The van der Waals surface area contributed by atoms with Gasteiger partial charge in [-0.05, 0) is 37.2 Å². The average Bonchev–Trinajstić information content (AvgIpc) is 3.50. The Hall–Kier alpha value is -4.48. The van der Waals surface area contributed by atoms with Gasteiger partial charge in [0.1, 0.15) is 11.0 Å². The Kier molecular flexibility index (Phi) is 4.36. The number of rotatable bonds is 1. The molecule has 2 spiro atoms. The van der Waals surface area contributed by atoms with E-state index in [2.05, 4.69) is 35.2 Å². The number of fused-ring (bicyclic) bond motifs is 8. The van der Waals surface area contributed by atoms with Crippen LogP contribution in [0.5, 0.6) is 0 Å². The minimum atomic E-state index is -1.43. The zero-order valence-corrected chi connectivity index (χ0v) is 21.7. The molecule has 5 nitrogen and oxygen atoms in total. The zero-order valence-electron chi connectivity index (χ0n) is 21.7. The summed E-state index contributed by atoms with van der Waals surface area (Å²) in [6, 6.07) is 31.5. The minimum Gasteiger partial charge on any atom is -0.293 e. The van der Waals surface area contributed by atoms with E-state index >= 15 is 0 Å². The lowest BCUT2D eigenvalue weighted by atomic mass is 9.58. The van der Waals surface area contributed by atoms with Crippen molar-refractivity contribution in [3.8, 4) is 11.3 Å². The first-order valence-corrected chi connectivity index (χ1v) is 13.3. The van der Waals surface area contributed by atoms with E-state index in [1.165, 1.54) is 0 Å². The first-order valence-electron chi connectivity index (χ1n) is 13.3. The summed E-state index contributed by atoms with van der Waals surface area (Å²) in [5.74, 6) is -0.631. The standard InChI is InChI=1S/C34H25N3O2/c1-20-15-17-21(18-16-20)26-19-37(2)34(33(26)31(38)22-9-3-4-10-23(22)32(33)39)25-12-6-5-11-24(25)29-30(34)36-28-14-8-7-13-27(28)35-29/h3-18,26H,19H2,1-2H3/t26-,34+/m1/s1. The highest BCUT2D eigenvalue weighted by Crippen LogP contribution is 2.69. The van der Waals surface area contributed by atoms with Crippen molar-refractivity contribution in [3.63, 3.8) is 0 Å². The van der Waals surface area contributed by atoms with Crippen molar-refractivity contribution in [2.75, 3.05) is 13.6 Å². The summed E-state index contributed by atoms with van der Waals surface area (Å²) in [5.41, 5.74) is 5.39. The Morgan fingerprint density at radius 2 is 1.28 bits per heavy atom. The third kappa shape index (κ3) is 2.50. The summed E-state index contributed by atoms with van der Waals surface area (Å²) in [4.78, 5) is 42.5. The van der Waals surface area contributed by atoms with Gasteiger partial charge in [-0.3, -0.25) is 14.5 Å². The largest absolute Gasteiger partial charge is 0.293 e. The van der Waals surface area contributed by atoms with E-state index in [-0.39, 0.29) is 17.5 Å². The minimum absolute atomic E-state index is 0.129. The number of Topliss-reactive ketones (excluding diaryl/α,β-unsaturated/α-hetero) is 2. The molecule has 5 aromatic rings. The molecule has 1 saturated heterocycles. The number of likely N-dealkylation sites (tertiary alicyclic amines) is 1. The van der Waals surface area contributed by atoms with E-state index in [9.17, 15) is 9.59 Å². The van der Waals surface area contributed by atoms with Gasteiger partial charge < -0.3 is 0 Å². The van der Waals surface area contributed by atoms with E-state index in [1.807, 2.05) is 68.6 Å². The van der Waals surface area contributed by atoms with Gasteiger partial charge in [0.05, 0.1) is 22.4 Å². The second-order valence-electron chi connectivity index (χ2n) is 11.0. The van der Waals surface area contributed by atoms with Crippen LogP contribution in [0.15, 0.2) is 97.1 Å². The molecule has 0 amide bonds. The normalized spacial score (nSPS) is 22.6. The Bertz CT molecular complexity index is 1840. The van der Waals surface area contributed by atoms with Crippen LogP contribution in [0.4, 0.5) is 0 Å². The van der Waals surface area contributed by atoms with Crippen LogP contribution in [0.2, 0.25) is 0 Å². The summed E-state index contributed by atoms with van der Waals surface area (Å²) in [6.45, 7) is 2.57. The number of nitrogens with zero attached hydrogens (tertiary/aromatic N) is 3. The number of carbonyl (C=O) groups excluding carboxylic acids is 2. The van der Waals surface area contributed by atoms with Crippen LogP contribution < -0.4 is 0 Å². The van der Waals surface area contributed by atoms with Crippen LogP contribution in [-0.4, -0.2) is 40.0 Å². The lowest BCUT2D eigenvalue weighted by molar-refractivity contribution is 0.0462.